The quantitative estimate of drug-likeness (QED) is 0.746. The lowest BCUT2D eigenvalue weighted by Gasteiger charge is -2.10. The molecule has 2 aromatic carbocycles. The van der Waals surface area contributed by atoms with Crippen LogP contribution in [0.25, 0.3) is 0 Å². The molecule has 0 atom stereocenters. The zero-order chi connectivity index (χ0) is 16.8. The van der Waals surface area contributed by atoms with Gasteiger partial charge in [0.15, 0.2) is 0 Å². The Morgan fingerprint density at radius 2 is 1.58 bits per heavy atom. The Morgan fingerprint density at radius 1 is 0.958 bits per heavy atom. The first-order valence-corrected chi connectivity index (χ1v) is 8.19. The van der Waals surface area contributed by atoms with E-state index >= 15 is 0 Å². The van der Waals surface area contributed by atoms with Gasteiger partial charge in [0, 0.05) is 6.54 Å². The van der Waals surface area contributed by atoms with E-state index in [0.717, 1.165) is 12.0 Å². The van der Waals surface area contributed by atoms with Gasteiger partial charge >= 0.3 is 0 Å². The maximum atomic E-state index is 12.4. The van der Waals surface area contributed by atoms with E-state index in [-0.39, 0.29) is 10.6 Å². The van der Waals surface area contributed by atoms with Crippen molar-refractivity contribution in [1.82, 2.24) is 9.78 Å². The summed E-state index contributed by atoms with van der Waals surface area (Å²) in [5, 5.41) is 7.58. The minimum absolute atomic E-state index is 0.175. The van der Waals surface area contributed by atoms with Crippen LogP contribution < -0.4 is 10.9 Å². The molecule has 4 nitrogen and oxygen atoms in total. The monoisotopic (exact) mass is 339 g/mol. The van der Waals surface area contributed by atoms with Crippen LogP contribution in [0.4, 0.5) is 5.69 Å². The third kappa shape index (κ3) is 4.03. The Bertz CT molecular complexity index is 847. The first-order valence-electron chi connectivity index (χ1n) is 7.81. The molecule has 0 fully saturated rings. The van der Waals surface area contributed by atoms with Crippen LogP contribution in [0.5, 0.6) is 0 Å². The normalized spacial score (nSPS) is 10.5. The third-order valence-corrected chi connectivity index (χ3v) is 4.10. The van der Waals surface area contributed by atoms with E-state index < -0.39 is 0 Å². The number of benzene rings is 2. The average Bonchev–Trinajstić information content (AvgIpc) is 2.63. The summed E-state index contributed by atoms with van der Waals surface area (Å²) < 4.78 is 1.38. The highest BCUT2D eigenvalue weighted by molar-refractivity contribution is 6.32. The van der Waals surface area contributed by atoms with Crippen LogP contribution >= 0.6 is 11.6 Å². The first kappa shape index (κ1) is 16.3. The first-order chi connectivity index (χ1) is 11.7. The van der Waals surface area contributed by atoms with Crippen LogP contribution in [0.1, 0.15) is 11.1 Å². The molecule has 0 aliphatic heterocycles. The van der Waals surface area contributed by atoms with Crippen molar-refractivity contribution in [2.24, 2.45) is 0 Å². The predicted octanol–water partition coefficient (Wildman–Crippen LogP) is 3.60. The molecule has 122 valence electrons. The molecule has 0 radical (unpaired) electrons. The summed E-state index contributed by atoms with van der Waals surface area (Å²) in [6.07, 6.45) is 2.46. The Morgan fingerprint density at radius 3 is 2.25 bits per heavy atom. The van der Waals surface area contributed by atoms with Gasteiger partial charge in [0.1, 0.15) is 5.02 Å². The second-order valence-corrected chi connectivity index (χ2v) is 5.86. The van der Waals surface area contributed by atoms with Crippen molar-refractivity contribution in [3.8, 4) is 0 Å². The molecule has 0 spiro atoms. The lowest BCUT2D eigenvalue weighted by molar-refractivity contribution is 0.640. The number of aromatic nitrogens is 2. The summed E-state index contributed by atoms with van der Waals surface area (Å²) in [7, 11) is 0. The molecule has 1 aromatic heterocycles. The van der Waals surface area contributed by atoms with Gasteiger partial charge in [-0.1, -0.05) is 72.3 Å². The van der Waals surface area contributed by atoms with E-state index in [1.54, 1.807) is 6.20 Å². The van der Waals surface area contributed by atoms with Crippen molar-refractivity contribution in [1.29, 1.82) is 0 Å². The summed E-state index contributed by atoms with van der Waals surface area (Å²) in [4.78, 5) is 12.4. The Kier molecular flexibility index (Phi) is 5.29. The minimum Gasteiger partial charge on any atom is -0.382 e. The van der Waals surface area contributed by atoms with Crippen molar-refractivity contribution in [2.45, 2.75) is 13.0 Å². The maximum Gasteiger partial charge on any atom is 0.287 e. The van der Waals surface area contributed by atoms with Gasteiger partial charge in [-0.3, -0.25) is 4.79 Å². The summed E-state index contributed by atoms with van der Waals surface area (Å²) in [6, 6.07) is 19.9. The zero-order valence-electron chi connectivity index (χ0n) is 13.2. The van der Waals surface area contributed by atoms with Gasteiger partial charge in [-0.2, -0.15) is 5.10 Å². The highest BCUT2D eigenvalue weighted by atomic mass is 35.5. The van der Waals surface area contributed by atoms with E-state index in [9.17, 15) is 4.79 Å². The van der Waals surface area contributed by atoms with E-state index in [4.69, 9.17) is 11.6 Å². The summed E-state index contributed by atoms with van der Waals surface area (Å²) in [6.45, 7) is 1.09. The topological polar surface area (TPSA) is 46.9 Å². The van der Waals surface area contributed by atoms with Crippen molar-refractivity contribution in [3.05, 3.63) is 93.4 Å². The maximum absolute atomic E-state index is 12.4. The number of nitrogens with one attached hydrogen (secondary N) is 1. The zero-order valence-corrected chi connectivity index (χ0v) is 13.9. The molecule has 1 N–H and O–H groups in total. The van der Waals surface area contributed by atoms with Gasteiger partial charge in [0.25, 0.3) is 5.56 Å². The molecule has 3 rings (SSSR count). The summed E-state index contributed by atoms with van der Waals surface area (Å²) in [5.74, 6) is 0. The number of anilines is 1. The molecule has 0 saturated heterocycles. The molecule has 0 bridgehead atoms. The van der Waals surface area contributed by atoms with Gasteiger partial charge in [0.05, 0.1) is 18.4 Å². The smallest absolute Gasteiger partial charge is 0.287 e. The van der Waals surface area contributed by atoms with Crippen molar-refractivity contribution in [2.75, 3.05) is 11.9 Å². The molecule has 0 unspecified atom stereocenters. The van der Waals surface area contributed by atoms with Crippen LogP contribution in [0.2, 0.25) is 5.02 Å². The van der Waals surface area contributed by atoms with E-state index in [0.29, 0.717) is 18.8 Å². The lowest BCUT2D eigenvalue weighted by atomic mass is 10.1. The summed E-state index contributed by atoms with van der Waals surface area (Å²) in [5.41, 5.74) is 2.52. The fourth-order valence-electron chi connectivity index (χ4n) is 2.44. The minimum atomic E-state index is -0.287. The number of hydrogen-bond donors (Lipinski definition) is 1. The van der Waals surface area contributed by atoms with Crippen molar-refractivity contribution >= 4 is 17.3 Å². The van der Waals surface area contributed by atoms with Crippen LogP contribution in [0.15, 0.2) is 71.7 Å². The molecular weight excluding hydrogens is 322 g/mol. The number of rotatable bonds is 6. The molecule has 0 saturated carbocycles. The van der Waals surface area contributed by atoms with Gasteiger partial charge in [0.2, 0.25) is 0 Å². The highest BCUT2D eigenvalue weighted by Gasteiger charge is 2.09. The molecule has 0 aliphatic rings. The van der Waals surface area contributed by atoms with Gasteiger partial charge in [-0.05, 0) is 17.5 Å². The van der Waals surface area contributed by atoms with Crippen LogP contribution in [-0.4, -0.2) is 16.3 Å². The molecule has 1 heterocycles. The van der Waals surface area contributed by atoms with Crippen LogP contribution in [-0.2, 0) is 13.0 Å². The molecule has 3 aromatic rings. The highest BCUT2D eigenvalue weighted by Crippen LogP contribution is 2.15. The van der Waals surface area contributed by atoms with E-state index in [1.165, 1.54) is 10.2 Å². The van der Waals surface area contributed by atoms with Crippen LogP contribution in [0, 0.1) is 0 Å². The average molecular weight is 340 g/mol. The van der Waals surface area contributed by atoms with Gasteiger partial charge in [-0.25, -0.2) is 4.68 Å². The second-order valence-electron chi connectivity index (χ2n) is 5.48. The molecule has 0 aliphatic carbocycles. The third-order valence-electron chi connectivity index (χ3n) is 3.73. The van der Waals surface area contributed by atoms with Gasteiger partial charge < -0.3 is 5.32 Å². The molecule has 5 heteroatoms. The Balaban J connectivity index is 1.67. The fourth-order valence-corrected chi connectivity index (χ4v) is 2.66. The second kappa shape index (κ2) is 7.79. The fraction of sp³-hybridized carbons (Fsp3) is 0.158. The standard InChI is InChI=1S/C19H18ClN3O/c20-18-17(21-12-11-15-7-3-1-4-8-15)13-22-23(19(18)24)14-16-9-5-2-6-10-16/h1-10,13,21H,11-12,14H2. The lowest BCUT2D eigenvalue weighted by Crippen LogP contribution is -2.25. The van der Waals surface area contributed by atoms with Crippen LogP contribution in [0.3, 0.4) is 0 Å². The summed E-state index contributed by atoms with van der Waals surface area (Å²) >= 11 is 6.21. The number of halogens is 1. The number of hydrogen-bond acceptors (Lipinski definition) is 3. The van der Waals surface area contributed by atoms with Crippen molar-refractivity contribution in [3.63, 3.8) is 0 Å². The van der Waals surface area contributed by atoms with E-state index in [2.05, 4.69) is 22.5 Å². The largest absolute Gasteiger partial charge is 0.382 e. The Labute approximate surface area is 145 Å². The SMILES string of the molecule is O=c1c(Cl)c(NCCc2ccccc2)cnn1Cc1ccccc1. The Hall–Kier alpha value is -2.59. The van der Waals surface area contributed by atoms with Crippen molar-refractivity contribution < 1.29 is 0 Å². The molecule has 0 amide bonds. The molecular formula is C19H18ClN3O. The van der Waals surface area contributed by atoms with Gasteiger partial charge in [-0.15, -0.1) is 0 Å². The number of nitrogens with zero attached hydrogens (tertiary/aromatic N) is 2. The predicted molar refractivity (Wildman–Crippen MR) is 97.7 cm³/mol. The van der Waals surface area contributed by atoms with E-state index in [1.807, 2.05) is 48.5 Å². The molecule has 24 heavy (non-hydrogen) atoms.